The molecule has 56 heavy (non-hydrogen) atoms. The zero-order valence-corrected chi connectivity index (χ0v) is 30.4. The molecule has 0 unspecified atom stereocenters. The smallest absolute Gasteiger partial charge is 0.160 e. The van der Waals surface area contributed by atoms with Gasteiger partial charge in [-0.1, -0.05) is 158 Å². The third-order valence-electron chi connectivity index (χ3n) is 10.9. The van der Waals surface area contributed by atoms with Crippen LogP contribution in [0.4, 0.5) is 17.2 Å². The molecule has 8 aromatic carbocycles. The van der Waals surface area contributed by atoms with Gasteiger partial charge in [0.25, 0.3) is 0 Å². The molecule has 4 nitrogen and oxygen atoms in total. The molecule has 0 saturated carbocycles. The quantitative estimate of drug-likeness (QED) is 0.178. The van der Waals surface area contributed by atoms with Crippen LogP contribution in [0.3, 0.4) is 0 Å². The van der Waals surface area contributed by atoms with Crippen molar-refractivity contribution in [3.8, 4) is 61.8 Å². The highest BCUT2D eigenvalue weighted by Crippen LogP contribution is 2.50. The fraction of sp³-hybridized carbons (Fsp3) is 0. The van der Waals surface area contributed by atoms with Crippen LogP contribution in [0.25, 0.3) is 83.5 Å². The summed E-state index contributed by atoms with van der Waals surface area (Å²) in [6.45, 7) is 0. The zero-order valence-electron chi connectivity index (χ0n) is 30.4. The van der Waals surface area contributed by atoms with Gasteiger partial charge < -0.3 is 0 Å². The molecule has 1 aliphatic rings. The van der Waals surface area contributed by atoms with Crippen molar-refractivity contribution in [2.45, 2.75) is 0 Å². The molecule has 0 bridgehead atoms. The summed E-state index contributed by atoms with van der Waals surface area (Å²) < 4.78 is 2.43. The summed E-state index contributed by atoms with van der Waals surface area (Å²) in [5, 5.41) is 3.62. The monoisotopic (exact) mass is 714 g/mol. The first-order chi connectivity index (χ1) is 27.7. The fourth-order valence-corrected chi connectivity index (χ4v) is 8.21. The summed E-state index contributed by atoms with van der Waals surface area (Å²) in [7, 11) is 0. The Morgan fingerprint density at radius 1 is 0.339 bits per heavy atom. The van der Waals surface area contributed by atoms with Gasteiger partial charge in [0.1, 0.15) is 5.82 Å². The van der Waals surface area contributed by atoms with Gasteiger partial charge in [-0.05, 0) is 70.4 Å². The Bertz CT molecular complexity index is 3070. The van der Waals surface area contributed by atoms with Gasteiger partial charge in [-0.3, -0.25) is 9.47 Å². The van der Waals surface area contributed by atoms with E-state index in [0.29, 0.717) is 5.82 Å². The number of anilines is 3. The fourth-order valence-electron chi connectivity index (χ4n) is 8.21. The molecule has 0 radical (unpaired) electrons. The van der Waals surface area contributed by atoms with Crippen LogP contribution in [0.15, 0.2) is 206 Å². The predicted octanol–water partition coefficient (Wildman–Crippen LogP) is 13.7. The van der Waals surface area contributed by atoms with E-state index in [4.69, 9.17) is 9.97 Å². The second-order valence-corrected chi connectivity index (χ2v) is 14.3. The maximum Gasteiger partial charge on any atom is 0.160 e. The minimum absolute atomic E-state index is 0.693. The van der Waals surface area contributed by atoms with E-state index in [0.717, 1.165) is 51.0 Å². The lowest BCUT2D eigenvalue weighted by atomic mass is 9.97. The number of rotatable bonds is 5. The molecule has 0 spiro atoms. The summed E-state index contributed by atoms with van der Waals surface area (Å²) in [6.07, 6.45) is 0. The normalized spacial score (nSPS) is 11.9. The average molecular weight is 715 g/mol. The van der Waals surface area contributed by atoms with E-state index in [1.54, 1.807) is 0 Å². The lowest BCUT2D eigenvalue weighted by Crippen LogP contribution is -2.13. The van der Waals surface area contributed by atoms with Crippen molar-refractivity contribution in [2.24, 2.45) is 0 Å². The Morgan fingerprint density at radius 3 is 1.71 bits per heavy atom. The molecular formula is C52H34N4. The van der Waals surface area contributed by atoms with Gasteiger partial charge in [-0.2, -0.15) is 0 Å². The molecule has 2 aromatic heterocycles. The number of fused-ring (bicyclic) bond motifs is 8. The lowest BCUT2D eigenvalue weighted by molar-refractivity contribution is 1.09. The number of aromatic nitrogens is 3. The summed E-state index contributed by atoms with van der Waals surface area (Å²) in [5.74, 6) is 1.77. The molecule has 0 fully saturated rings. The van der Waals surface area contributed by atoms with Crippen LogP contribution in [0.1, 0.15) is 0 Å². The third-order valence-corrected chi connectivity index (χ3v) is 10.9. The second-order valence-electron chi connectivity index (χ2n) is 14.3. The van der Waals surface area contributed by atoms with Gasteiger partial charge in [0, 0.05) is 38.9 Å². The Hall–Kier alpha value is -7.56. The van der Waals surface area contributed by atoms with Crippen LogP contribution in [0.2, 0.25) is 0 Å². The molecule has 1 aliphatic heterocycles. The molecule has 3 heterocycles. The van der Waals surface area contributed by atoms with Gasteiger partial charge in [-0.15, -0.1) is 0 Å². The Balaban J connectivity index is 1.10. The van der Waals surface area contributed by atoms with E-state index in [9.17, 15) is 0 Å². The van der Waals surface area contributed by atoms with Crippen molar-refractivity contribution >= 4 is 38.9 Å². The van der Waals surface area contributed by atoms with Crippen molar-refractivity contribution in [3.63, 3.8) is 0 Å². The van der Waals surface area contributed by atoms with Crippen molar-refractivity contribution in [1.82, 2.24) is 14.5 Å². The predicted molar refractivity (Wildman–Crippen MR) is 232 cm³/mol. The first kappa shape index (κ1) is 31.9. The van der Waals surface area contributed by atoms with Crippen LogP contribution < -0.4 is 4.90 Å². The number of hydrogen-bond donors (Lipinski definition) is 0. The maximum absolute atomic E-state index is 5.22. The maximum atomic E-state index is 5.22. The SMILES string of the molecule is c1ccc(-c2ccc(-c3cc(-c4cccc(N5c6ccccc6-c6cc7ccccc7cc6-n6c5cc5ccccc56)c4)nc(-c4ccccc4)n3)cc2)cc1. The van der Waals surface area contributed by atoms with Gasteiger partial charge in [-0.25, -0.2) is 9.97 Å². The van der Waals surface area contributed by atoms with E-state index in [1.165, 1.54) is 43.9 Å². The Kier molecular flexibility index (Phi) is 7.46. The van der Waals surface area contributed by atoms with Crippen molar-refractivity contribution < 1.29 is 0 Å². The van der Waals surface area contributed by atoms with E-state index in [2.05, 4.69) is 191 Å². The van der Waals surface area contributed by atoms with Crippen molar-refractivity contribution in [3.05, 3.63) is 206 Å². The molecule has 0 aliphatic carbocycles. The number of benzene rings is 8. The van der Waals surface area contributed by atoms with Crippen molar-refractivity contribution in [2.75, 3.05) is 4.90 Å². The number of hydrogen-bond acceptors (Lipinski definition) is 3. The molecule has 0 amide bonds. The van der Waals surface area contributed by atoms with Crippen LogP contribution in [-0.2, 0) is 0 Å². The first-order valence-electron chi connectivity index (χ1n) is 19.0. The van der Waals surface area contributed by atoms with Crippen LogP contribution in [0, 0.1) is 0 Å². The molecule has 0 atom stereocenters. The summed E-state index contributed by atoms with van der Waals surface area (Å²) in [6, 6.07) is 73.4. The average Bonchev–Trinajstić information content (AvgIpc) is 3.60. The summed E-state index contributed by atoms with van der Waals surface area (Å²) in [4.78, 5) is 12.8. The van der Waals surface area contributed by atoms with Crippen LogP contribution in [0.5, 0.6) is 0 Å². The van der Waals surface area contributed by atoms with Gasteiger partial charge in [0.2, 0.25) is 0 Å². The lowest BCUT2D eigenvalue weighted by Gasteiger charge is -2.26. The van der Waals surface area contributed by atoms with Crippen LogP contribution >= 0.6 is 0 Å². The highest BCUT2D eigenvalue weighted by Gasteiger charge is 2.28. The molecular weight excluding hydrogens is 681 g/mol. The van der Waals surface area contributed by atoms with E-state index < -0.39 is 0 Å². The Morgan fingerprint density at radius 2 is 0.929 bits per heavy atom. The number of para-hydroxylation sites is 2. The van der Waals surface area contributed by atoms with Crippen molar-refractivity contribution in [1.29, 1.82) is 0 Å². The molecule has 0 N–H and O–H groups in total. The highest BCUT2D eigenvalue weighted by molar-refractivity contribution is 6.03. The van der Waals surface area contributed by atoms with E-state index in [1.807, 2.05) is 24.3 Å². The third kappa shape index (κ3) is 5.39. The first-order valence-corrected chi connectivity index (χ1v) is 19.0. The Labute approximate surface area is 325 Å². The van der Waals surface area contributed by atoms with Gasteiger partial charge >= 0.3 is 0 Å². The summed E-state index contributed by atoms with van der Waals surface area (Å²) >= 11 is 0. The molecule has 11 rings (SSSR count). The molecule has 0 saturated heterocycles. The minimum Gasteiger partial charge on any atom is -0.295 e. The van der Waals surface area contributed by atoms with Gasteiger partial charge in [0.05, 0.1) is 28.3 Å². The van der Waals surface area contributed by atoms with E-state index >= 15 is 0 Å². The largest absolute Gasteiger partial charge is 0.295 e. The van der Waals surface area contributed by atoms with E-state index in [-0.39, 0.29) is 0 Å². The number of nitrogens with zero attached hydrogens (tertiary/aromatic N) is 4. The van der Waals surface area contributed by atoms with Crippen LogP contribution in [-0.4, -0.2) is 14.5 Å². The molecule has 4 heteroatoms. The highest BCUT2D eigenvalue weighted by atomic mass is 15.3. The molecule has 262 valence electrons. The van der Waals surface area contributed by atoms with Gasteiger partial charge in [0.15, 0.2) is 5.82 Å². The topological polar surface area (TPSA) is 34.0 Å². The molecule has 10 aromatic rings. The standard InChI is InChI=1S/C52H34N4/c1-3-14-35(15-4-1)36-26-28-37(29-27-36)46-34-47(54-52(53-46)38-16-5-2-6-17-38)41-21-13-22-43(30-41)55-49-25-12-10-23-44(49)45-31-39-18-7-8-19-40(39)32-50(45)56-48-24-11-9-20-42(48)33-51(55)56/h1-34H. The second kappa shape index (κ2) is 13.1. The minimum atomic E-state index is 0.693. The zero-order chi connectivity index (χ0) is 37.0. The summed E-state index contributed by atoms with van der Waals surface area (Å²) in [5.41, 5.74) is 14.0.